The molecule has 1 unspecified atom stereocenters. The monoisotopic (exact) mass is 406 g/mol. The summed E-state index contributed by atoms with van der Waals surface area (Å²) in [6.45, 7) is 8.15. The van der Waals surface area contributed by atoms with Gasteiger partial charge in [-0.15, -0.1) is 0 Å². The van der Waals surface area contributed by atoms with Gasteiger partial charge >= 0.3 is 0 Å². The zero-order valence-corrected chi connectivity index (χ0v) is 18.0. The Labute approximate surface area is 178 Å². The average Bonchev–Trinajstić information content (AvgIpc) is 2.78. The molecule has 0 radical (unpaired) electrons. The lowest BCUT2D eigenvalue weighted by atomic mass is 10.0. The number of carbonyl (C=O) groups is 2. The Balaban J connectivity index is 1.48. The van der Waals surface area contributed by atoms with Crippen molar-refractivity contribution >= 4 is 17.9 Å². The van der Waals surface area contributed by atoms with Crippen LogP contribution in [0.4, 0.5) is 0 Å². The largest absolute Gasteiger partial charge is 0.481 e. The Morgan fingerprint density at radius 2 is 1.47 bits per heavy atom. The van der Waals surface area contributed by atoms with Gasteiger partial charge in [0.15, 0.2) is 6.10 Å². The highest BCUT2D eigenvalue weighted by molar-refractivity contribution is 5.92. The van der Waals surface area contributed by atoms with Crippen molar-refractivity contribution in [1.82, 2.24) is 9.80 Å². The molecule has 5 nitrogen and oxygen atoms in total. The van der Waals surface area contributed by atoms with E-state index in [1.165, 1.54) is 5.56 Å². The molecule has 0 spiro atoms. The smallest absolute Gasteiger partial charge is 0.263 e. The lowest BCUT2D eigenvalue weighted by Crippen LogP contribution is -2.53. The number of piperazine rings is 1. The quantitative estimate of drug-likeness (QED) is 0.683. The second kappa shape index (κ2) is 10.1. The van der Waals surface area contributed by atoms with Gasteiger partial charge in [0.05, 0.1) is 0 Å². The van der Waals surface area contributed by atoms with Crippen molar-refractivity contribution < 1.29 is 14.3 Å². The van der Waals surface area contributed by atoms with Crippen LogP contribution in [0, 0.1) is 0 Å². The molecular formula is C25H30N2O3. The van der Waals surface area contributed by atoms with Gasteiger partial charge in [-0.25, -0.2) is 0 Å². The van der Waals surface area contributed by atoms with Crippen LogP contribution in [0.3, 0.4) is 0 Å². The number of hydrogen-bond donors (Lipinski definition) is 0. The van der Waals surface area contributed by atoms with Crippen LogP contribution in [0.15, 0.2) is 60.7 Å². The van der Waals surface area contributed by atoms with Gasteiger partial charge in [0.25, 0.3) is 5.91 Å². The standard InChI is InChI=1S/C25H30N2O3/c1-19(2)22-10-12-23(13-11-22)30-20(3)25(29)27-17-15-26(16-18-27)24(28)14-9-21-7-5-4-6-8-21/h4-14,19-20H,15-18H2,1-3H3/b14-9+. The first-order chi connectivity index (χ1) is 14.4. The molecule has 0 aliphatic carbocycles. The van der Waals surface area contributed by atoms with E-state index in [4.69, 9.17) is 4.74 Å². The third kappa shape index (κ3) is 5.72. The molecular weight excluding hydrogens is 376 g/mol. The van der Waals surface area contributed by atoms with Crippen LogP contribution in [0.1, 0.15) is 37.8 Å². The van der Waals surface area contributed by atoms with E-state index in [1.807, 2.05) is 60.7 Å². The summed E-state index contributed by atoms with van der Waals surface area (Å²) in [6.07, 6.45) is 2.86. The molecule has 1 aliphatic rings. The van der Waals surface area contributed by atoms with E-state index in [-0.39, 0.29) is 11.8 Å². The number of ether oxygens (including phenoxy) is 1. The summed E-state index contributed by atoms with van der Waals surface area (Å²) in [5.74, 6) is 1.08. The lowest BCUT2D eigenvalue weighted by Gasteiger charge is -2.35. The number of carbonyl (C=O) groups excluding carboxylic acids is 2. The predicted molar refractivity (Wildman–Crippen MR) is 119 cm³/mol. The molecule has 0 saturated carbocycles. The zero-order chi connectivity index (χ0) is 21.5. The first-order valence-electron chi connectivity index (χ1n) is 10.5. The second-order valence-corrected chi connectivity index (χ2v) is 7.88. The van der Waals surface area contributed by atoms with Crippen molar-refractivity contribution in [2.75, 3.05) is 26.2 Å². The molecule has 2 aromatic carbocycles. The molecule has 1 saturated heterocycles. The Kier molecular flexibility index (Phi) is 7.28. The maximum absolute atomic E-state index is 12.7. The van der Waals surface area contributed by atoms with E-state index in [9.17, 15) is 9.59 Å². The van der Waals surface area contributed by atoms with Gasteiger partial charge in [0, 0.05) is 32.3 Å². The summed E-state index contributed by atoms with van der Waals surface area (Å²) in [6, 6.07) is 17.6. The van der Waals surface area contributed by atoms with Crippen molar-refractivity contribution in [1.29, 1.82) is 0 Å². The van der Waals surface area contributed by atoms with Crippen LogP contribution in [-0.2, 0) is 9.59 Å². The zero-order valence-electron chi connectivity index (χ0n) is 18.0. The van der Waals surface area contributed by atoms with Crippen LogP contribution in [0.2, 0.25) is 0 Å². The third-order valence-corrected chi connectivity index (χ3v) is 5.33. The first kappa shape index (κ1) is 21.6. The summed E-state index contributed by atoms with van der Waals surface area (Å²) < 4.78 is 5.84. The van der Waals surface area contributed by atoms with Crippen molar-refractivity contribution in [2.45, 2.75) is 32.8 Å². The van der Waals surface area contributed by atoms with E-state index >= 15 is 0 Å². The Bertz CT molecular complexity index is 867. The van der Waals surface area contributed by atoms with Gasteiger partial charge in [-0.1, -0.05) is 56.3 Å². The van der Waals surface area contributed by atoms with Crippen molar-refractivity contribution in [3.8, 4) is 5.75 Å². The summed E-state index contributed by atoms with van der Waals surface area (Å²) in [4.78, 5) is 28.7. The van der Waals surface area contributed by atoms with E-state index < -0.39 is 6.10 Å². The fraction of sp³-hybridized carbons (Fsp3) is 0.360. The molecule has 5 heteroatoms. The van der Waals surface area contributed by atoms with Crippen molar-refractivity contribution in [3.05, 3.63) is 71.8 Å². The van der Waals surface area contributed by atoms with Crippen LogP contribution in [0.5, 0.6) is 5.75 Å². The highest BCUT2D eigenvalue weighted by atomic mass is 16.5. The third-order valence-electron chi connectivity index (χ3n) is 5.33. The molecule has 30 heavy (non-hydrogen) atoms. The number of benzene rings is 2. The number of amides is 2. The first-order valence-corrected chi connectivity index (χ1v) is 10.5. The fourth-order valence-corrected chi connectivity index (χ4v) is 3.43. The molecule has 2 aromatic rings. The van der Waals surface area contributed by atoms with Gasteiger partial charge in [-0.2, -0.15) is 0 Å². The highest BCUT2D eigenvalue weighted by Gasteiger charge is 2.27. The van der Waals surface area contributed by atoms with Crippen LogP contribution < -0.4 is 4.74 Å². The van der Waals surface area contributed by atoms with Crippen LogP contribution in [-0.4, -0.2) is 53.9 Å². The topological polar surface area (TPSA) is 49.9 Å². The molecule has 1 atom stereocenters. The van der Waals surface area contributed by atoms with Crippen molar-refractivity contribution in [2.24, 2.45) is 0 Å². The molecule has 1 heterocycles. The van der Waals surface area contributed by atoms with Gasteiger partial charge in [-0.3, -0.25) is 9.59 Å². The molecule has 1 aliphatic heterocycles. The summed E-state index contributed by atoms with van der Waals surface area (Å²) in [5, 5.41) is 0. The minimum atomic E-state index is -0.560. The number of rotatable bonds is 6. The molecule has 3 rings (SSSR count). The minimum Gasteiger partial charge on any atom is -0.481 e. The molecule has 0 aromatic heterocycles. The van der Waals surface area contributed by atoms with E-state index in [0.29, 0.717) is 37.8 Å². The molecule has 0 N–H and O–H groups in total. The Morgan fingerprint density at radius 3 is 2.07 bits per heavy atom. The van der Waals surface area contributed by atoms with Gasteiger partial charge in [0.1, 0.15) is 5.75 Å². The Hall–Kier alpha value is -3.08. The van der Waals surface area contributed by atoms with Crippen LogP contribution in [0.25, 0.3) is 6.08 Å². The highest BCUT2D eigenvalue weighted by Crippen LogP contribution is 2.20. The van der Waals surface area contributed by atoms with E-state index in [1.54, 1.807) is 22.8 Å². The lowest BCUT2D eigenvalue weighted by molar-refractivity contribution is -0.142. The minimum absolute atomic E-state index is 0.0273. The molecule has 1 fully saturated rings. The maximum Gasteiger partial charge on any atom is 0.263 e. The molecule has 0 bridgehead atoms. The van der Waals surface area contributed by atoms with E-state index in [2.05, 4.69) is 13.8 Å². The van der Waals surface area contributed by atoms with E-state index in [0.717, 1.165) is 5.56 Å². The molecule has 2 amide bonds. The fourth-order valence-electron chi connectivity index (χ4n) is 3.43. The normalized spacial score (nSPS) is 15.5. The average molecular weight is 407 g/mol. The van der Waals surface area contributed by atoms with Gasteiger partial charge in [0.2, 0.25) is 5.91 Å². The maximum atomic E-state index is 12.7. The number of hydrogen-bond acceptors (Lipinski definition) is 3. The summed E-state index contributed by atoms with van der Waals surface area (Å²) >= 11 is 0. The van der Waals surface area contributed by atoms with Crippen LogP contribution >= 0.6 is 0 Å². The van der Waals surface area contributed by atoms with Crippen molar-refractivity contribution in [3.63, 3.8) is 0 Å². The summed E-state index contributed by atoms with van der Waals surface area (Å²) in [7, 11) is 0. The Morgan fingerprint density at radius 1 is 0.867 bits per heavy atom. The van der Waals surface area contributed by atoms with Gasteiger partial charge < -0.3 is 14.5 Å². The predicted octanol–water partition coefficient (Wildman–Crippen LogP) is 3.96. The second-order valence-electron chi connectivity index (χ2n) is 7.88. The van der Waals surface area contributed by atoms with Gasteiger partial charge in [-0.05, 0) is 42.2 Å². The molecule has 158 valence electrons. The number of nitrogens with zero attached hydrogens (tertiary/aromatic N) is 2. The SMILES string of the molecule is CC(Oc1ccc(C(C)C)cc1)C(=O)N1CCN(C(=O)/C=C/c2ccccc2)CC1. The summed E-state index contributed by atoms with van der Waals surface area (Å²) in [5.41, 5.74) is 2.23.